The Kier molecular flexibility index (Phi) is 38.6. The van der Waals surface area contributed by atoms with E-state index in [0.717, 1.165) is 12.8 Å². The average Bonchev–Trinajstić information content (AvgIpc) is 3.43. The maximum Gasteiger partial charge on any atom is 0.242 e. The SMILES string of the molecule is CCC1OC(OCCOCCNC=O)CC(O)C1O.CCCC(CCC(NC(=O)C1CCC(OO)CC1)C(=O)NCCOCCOC1CC(O)C(O)C(CO)O1)C(=O)NCCOCCOC1CC(C)C(C)C(CO)O1.NC=O. The summed E-state index contributed by atoms with van der Waals surface area (Å²) in [6, 6.07) is -0.884. The number of aliphatic hydroxyl groups is 6. The third-order valence-electron chi connectivity index (χ3n) is 14.0. The molecule has 3 heterocycles. The number of hydrogen-bond donors (Lipinski definition) is 12. The zero-order valence-electron chi connectivity index (χ0n) is 46.1. The number of nitrogens with two attached hydrogens (primary N) is 1. The highest BCUT2D eigenvalue weighted by atomic mass is 17.1. The van der Waals surface area contributed by atoms with Gasteiger partial charge in [0.05, 0.1) is 103 Å². The number of amides is 5. The maximum absolute atomic E-state index is 13.4. The first-order valence-corrected chi connectivity index (χ1v) is 27.6. The van der Waals surface area contributed by atoms with E-state index in [1.165, 1.54) is 0 Å². The zero-order chi connectivity index (χ0) is 57.7. The van der Waals surface area contributed by atoms with Crippen LogP contribution in [0.2, 0.25) is 0 Å². The summed E-state index contributed by atoms with van der Waals surface area (Å²) in [5.41, 5.74) is 4.17. The summed E-state index contributed by atoms with van der Waals surface area (Å²) in [5, 5.41) is 78.1. The van der Waals surface area contributed by atoms with Crippen molar-refractivity contribution in [1.29, 1.82) is 0 Å². The van der Waals surface area contributed by atoms with E-state index in [0.29, 0.717) is 103 Å². The first-order valence-electron chi connectivity index (χ1n) is 27.6. The Morgan fingerprint density at radius 1 is 0.641 bits per heavy atom. The highest BCUT2D eigenvalue weighted by molar-refractivity contribution is 5.88. The Balaban J connectivity index is 0.000000786. The molecule has 4 aliphatic rings. The van der Waals surface area contributed by atoms with Crippen LogP contribution >= 0.6 is 0 Å². The van der Waals surface area contributed by atoms with E-state index < -0.39 is 67.8 Å². The molecule has 14 unspecified atom stereocenters. The van der Waals surface area contributed by atoms with Crippen molar-refractivity contribution in [2.75, 3.05) is 92.3 Å². The third kappa shape index (κ3) is 27.9. The summed E-state index contributed by atoms with van der Waals surface area (Å²) >= 11 is 0. The van der Waals surface area contributed by atoms with Gasteiger partial charge in [0.15, 0.2) is 18.9 Å². The van der Waals surface area contributed by atoms with E-state index in [-0.39, 0.29) is 113 Å². The first-order chi connectivity index (χ1) is 37.6. The predicted molar refractivity (Wildman–Crippen MR) is 276 cm³/mol. The molecule has 13 N–H and O–H groups in total. The van der Waals surface area contributed by atoms with Gasteiger partial charge < -0.3 is 100 Å². The van der Waals surface area contributed by atoms with Crippen LogP contribution < -0.4 is 27.0 Å². The van der Waals surface area contributed by atoms with Crippen LogP contribution in [0.4, 0.5) is 0 Å². The topological polar surface area (TPSA) is 393 Å². The van der Waals surface area contributed by atoms with Gasteiger partial charge in [-0.3, -0.25) is 29.2 Å². The summed E-state index contributed by atoms with van der Waals surface area (Å²) in [6.45, 7) is 11.0. The molecule has 4 fully saturated rings. The van der Waals surface area contributed by atoms with Gasteiger partial charge >= 0.3 is 0 Å². The Bertz CT molecular complexity index is 1590. The van der Waals surface area contributed by atoms with Gasteiger partial charge in [-0.15, -0.1) is 0 Å². The molecule has 3 saturated heterocycles. The summed E-state index contributed by atoms with van der Waals surface area (Å²) < 4.78 is 50.0. The van der Waals surface area contributed by atoms with Crippen molar-refractivity contribution in [3.05, 3.63) is 0 Å². The molecule has 0 aromatic carbocycles. The van der Waals surface area contributed by atoms with E-state index in [1.807, 2.05) is 13.8 Å². The second-order valence-electron chi connectivity index (χ2n) is 19.7. The molecule has 3 aliphatic heterocycles. The molecule has 14 atom stereocenters. The van der Waals surface area contributed by atoms with Crippen molar-refractivity contribution in [1.82, 2.24) is 21.3 Å². The van der Waals surface area contributed by atoms with Gasteiger partial charge in [-0.2, -0.15) is 0 Å². The Morgan fingerprint density at radius 3 is 1.63 bits per heavy atom. The fraction of sp³-hybridized carbons (Fsp3) is 0.902. The number of carbonyl (C=O) groups is 5. The van der Waals surface area contributed by atoms with Crippen molar-refractivity contribution in [2.45, 2.75) is 178 Å². The summed E-state index contributed by atoms with van der Waals surface area (Å²) in [7, 11) is 0. The summed E-state index contributed by atoms with van der Waals surface area (Å²) in [4.78, 5) is 62.8. The van der Waals surface area contributed by atoms with Gasteiger partial charge in [0, 0.05) is 50.7 Å². The predicted octanol–water partition coefficient (Wildman–Crippen LogP) is -1.66. The minimum atomic E-state index is -1.19. The standard InChI is InChI=1S/C38H69N3O15.C12H23NO6.CH3NO/c1-4-5-26(36(46)39-12-14-50-16-18-52-33-20-24(2)25(3)31(22-42)54-33)8-11-29(41-37(47)27-6-9-28(56-49)10-7-27)38(48)40-13-15-51-17-19-53-34-21-30(44)35(45)32(23-43)55-34;1-2-10-12(16)9(15)7-11(19-10)18-6-5-17-4-3-13-8-14;2-1-3/h24-35,42-45,49H,4-23H2,1-3H3,(H,39,46)(H,40,48)(H,41,47);8-12,15-16H,2-7H2,1H3,(H,13,14);1H,(H2,2,3). The number of primary amides is 1. The number of rotatable bonds is 35. The van der Waals surface area contributed by atoms with Crippen molar-refractivity contribution in [3.63, 3.8) is 0 Å². The normalized spacial score (nSPS) is 29.7. The molecule has 0 radical (unpaired) electrons. The smallest absolute Gasteiger partial charge is 0.242 e. The number of ether oxygens (including phenoxy) is 9. The molecule has 0 bridgehead atoms. The maximum atomic E-state index is 13.4. The lowest BCUT2D eigenvalue weighted by Crippen LogP contribution is -2.50. The second-order valence-corrected chi connectivity index (χ2v) is 19.7. The molecular formula is C51H95N5O22. The first kappa shape index (κ1) is 70.8. The van der Waals surface area contributed by atoms with Crippen LogP contribution in [0.25, 0.3) is 0 Å². The van der Waals surface area contributed by atoms with Gasteiger partial charge in [-0.25, -0.2) is 4.89 Å². The van der Waals surface area contributed by atoms with E-state index in [2.05, 4.69) is 45.7 Å². The molecule has 5 amide bonds. The number of hydrogen-bond acceptors (Lipinski definition) is 22. The van der Waals surface area contributed by atoms with Crippen molar-refractivity contribution in [2.24, 2.45) is 29.4 Å². The van der Waals surface area contributed by atoms with E-state index in [4.69, 9.17) is 52.7 Å². The second kappa shape index (κ2) is 42.5. The number of nitrogens with one attached hydrogen (secondary N) is 4. The van der Waals surface area contributed by atoms with Crippen molar-refractivity contribution in [3.8, 4) is 0 Å². The van der Waals surface area contributed by atoms with Gasteiger partial charge in [-0.1, -0.05) is 34.1 Å². The molecule has 27 nitrogen and oxygen atoms in total. The third-order valence-corrected chi connectivity index (χ3v) is 14.0. The van der Waals surface area contributed by atoms with Crippen LogP contribution in [0.1, 0.15) is 105 Å². The molecule has 0 aromatic rings. The Morgan fingerprint density at radius 2 is 1.13 bits per heavy atom. The summed E-state index contributed by atoms with van der Waals surface area (Å²) in [6.07, 6.45) is -0.988. The molecule has 0 spiro atoms. The highest BCUT2D eigenvalue weighted by Gasteiger charge is 2.38. The van der Waals surface area contributed by atoms with Crippen LogP contribution in [-0.2, 0) is 71.5 Å². The van der Waals surface area contributed by atoms with Gasteiger partial charge in [-0.05, 0) is 63.2 Å². The van der Waals surface area contributed by atoms with Crippen LogP contribution in [0.3, 0.4) is 0 Å². The van der Waals surface area contributed by atoms with Gasteiger partial charge in [0.1, 0.15) is 24.4 Å². The average molecular weight is 1130 g/mol. The molecular weight excluding hydrogens is 1030 g/mol. The molecule has 456 valence electrons. The number of carbonyl (C=O) groups excluding carboxylic acids is 5. The van der Waals surface area contributed by atoms with Gasteiger partial charge in [0.2, 0.25) is 30.5 Å². The highest BCUT2D eigenvalue weighted by Crippen LogP contribution is 2.31. The van der Waals surface area contributed by atoms with Crippen LogP contribution in [0.5, 0.6) is 0 Å². The quantitative estimate of drug-likeness (QED) is 0.0146. The molecule has 78 heavy (non-hydrogen) atoms. The Labute approximate surface area is 458 Å². The van der Waals surface area contributed by atoms with E-state index >= 15 is 0 Å². The Hall–Kier alpha value is -3.33. The lowest BCUT2D eigenvalue weighted by Gasteiger charge is -2.38. The molecule has 1 aliphatic carbocycles. The fourth-order valence-electron chi connectivity index (χ4n) is 9.19. The monoisotopic (exact) mass is 1130 g/mol. The zero-order valence-corrected chi connectivity index (χ0v) is 46.1. The molecule has 4 rings (SSSR count). The molecule has 27 heteroatoms. The largest absolute Gasteiger partial charge is 0.394 e. The van der Waals surface area contributed by atoms with E-state index in [1.54, 1.807) is 0 Å². The summed E-state index contributed by atoms with van der Waals surface area (Å²) in [5.74, 6) is -0.902. The lowest BCUT2D eigenvalue weighted by molar-refractivity contribution is -0.284. The van der Waals surface area contributed by atoms with Crippen LogP contribution in [0, 0.1) is 23.7 Å². The van der Waals surface area contributed by atoms with E-state index in [9.17, 15) is 49.8 Å². The number of aliphatic hydroxyl groups excluding tert-OH is 6. The van der Waals surface area contributed by atoms with Gasteiger partial charge in [0.25, 0.3) is 0 Å². The van der Waals surface area contributed by atoms with Crippen LogP contribution in [0.15, 0.2) is 0 Å². The minimum absolute atomic E-state index is 0.0481. The lowest BCUT2D eigenvalue weighted by atomic mass is 9.86. The molecule has 0 aromatic heterocycles. The minimum Gasteiger partial charge on any atom is -0.394 e. The fourth-order valence-corrected chi connectivity index (χ4v) is 9.19. The van der Waals surface area contributed by atoms with Crippen LogP contribution in [-0.4, -0.2) is 232 Å². The van der Waals surface area contributed by atoms with Crippen molar-refractivity contribution < 1.29 is 107 Å². The van der Waals surface area contributed by atoms with Crippen molar-refractivity contribution >= 4 is 30.5 Å². The molecule has 1 saturated carbocycles.